The first-order valence-corrected chi connectivity index (χ1v) is 9.02. The Morgan fingerprint density at radius 1 is 0.964 bits per heavy atom. The number of ketones is 1. The molecule has 7 heteroatoms. The minimum Gasteiger partial charge on any atom is -0.459 e. The molecule has 0 N–H and O–H groups in total. The molecule has 1 aliphatic heterocycles. The molecule has 1 fully saturated rings. The Bertz CT molecular complexity index is 813. The molecule has 1 unspecified atom stereocenters. The van der Waals surface area contributed by atoms with E-state index in [2.05, 4.69) is 0 Å². The largest absolute Gasteiger partial charge is 0.459 e. The molecule has 2 aromatic rings. The van der Waals surface area contributed by atoms with Crippen LogP contribution in [0.4, 0.5) is 13.2 Å². The van der Waals surface area contributed by atoms with Gasteiger partial charge in [-0.3, -0.25) is 9.69 Å². The lowest BCUT2D eigenvalue weighted by atomic mass is 10.0. The quantitative estimate of drug-likeness (QED) is 0.423. The van der Waals surface area contributed by atoms with Gasteiger partial charge in [-0.05, 0) is 43.6 Å². The number of Topliss-reactive ketones (excluding diaryl/α,β-unsaturated/α-hetero) is 1. The van der Waals surface area contributed by atoms with E-state index in [9.17, 15) is 22.8 Å². The standard InChI is InChI=1S/C21H20F3NO3/c22-21(23,24)17-10-8-16(9-11-17)19(26)18(25-12-4-5-13-25)20(27)28-14-15-6-2-1-3-7-15/h1-3,6-11,18H,4-5,12-14H2. The fraction of sp³-hybridized carbons (Fsp3) is 0.333. The predicted molar refractivity (Wildman–Crippen MR) is 96.6 cm³/mol. The van der Waals surface area contributed by atoms with Crippen molar-refractivity contribution in [3.63, 3.8) is 0 Å². The SMILES string of the molecule is O=C(OCc1ccccc1)C(C(=O)c1ccc(C(F)(F)F)cc1)N1CCCC1. The molecule has 4 nitrogen and oxygen atoms in total. The van der Waals surface area contributed by atoms with Gasteiger partial charge in [-0.1, -0.05) is 42.5 Å². The summed E-state index contributed by atoms with van der Waals surface area (Å²) in [5, 5.41) is 0. The van der Waals surface area contributed by atoms with Gasteiger partial charge in [-0.25, -0.2) is 4.79 Å². The van der Waals surface area contributed by atoms with E-state index in [0.717, 1.165) is 42.7 Å². The van der Waals surface area contributed by atoms with Crippen molar-refractivity contribution in [2.24, 2.45) is 0 Å². The van der Waals surface area contributed by atoms with Crippen LogP contribution in [0.2, 0.25) is 0 Å². The Kier molecular flexibility index (Phi) is 6.14. The summed E-state index contributed by atoms with van der Waals surface area (Å²) in [4.78, 5) is 27.3. The molecular formula is C21H20F3NO3. The van der Waals surface area contributed by atoms with Gasteiger partial charge in [0.25, 0.3) is 0 Å². The second kappa shape index (κ2) is 8.56. The highest BCUT2D eigenvalue weighted by molar-refractivity contribution is 6.12. The second-order valence-electron chi connectivity index (χ2n) is 6.68. The Morgan fingerprint density at radius 3 is 2.14 bits per heavy atom. The summed E-state index contributed by atoms with van der Waals surface area (Å²) >= 11 is 0. The van der Waals surface area contributed by atoms with E-state index in [-0.39, 0.29) is 12.2 Å². The summed E-state index contributed by atoms with van der Waals surface area (Å²) in [6.45, 7) is 1.17. The third-order valence-corrected chi connectivity index (χ3v) is 4.70. The zero-order valence-corrected chi connectivity index (χ0v) is 15.1. The van der Waals surface area contributed by atoms with E-state index >= 15 is 0 Å². The van der Waals surface area contributed by atoms with Crippen LogP contribution < -0.4 is 0 Å². The molecule has 148 valence electrons. The van der Waals surface area contributed by atoms with Gasteiger partial charge in [0.1, 0.15) is 6.61 Å². The smallest absolute Gasteiger partial charge is 0.416 e. The highest BCUT2D eigenvalue weighted by Crippen LogP contribution is 2.29. The van der Waals surface area contributed by atoms with Gasteiger partial charge in [-0.15, -0.1) is 0 Å². The van der Waals surface area contributed by atoms with Crippen LogP contribution in [0, 0.1) is 0 Å². The molecule has 0 aromatic heterocycles. The number of ether oxygens (including phenoxy) is 1. The zero-order valence-electron chi connectivity index (χ0n) is 15.1. The lowest BCUT2D eigenvalue weighted by molar-refractivity contribution is -0.149. The van der Waals surface area contributed by atoms with Crippen LogP contribution in [0.15, 0.2) is 54.6 Å². The molecule has 0 saturated carbocycles. The Morgan fingerprint density at radius 2 is 1.57 bits per heavy atom. The van der Waals surface area contributed by atoms with Crippen molar-refractivity contribution in [1.29, 1.82) is 0 Å². The van der Waals surface area contributed by atoms with Gasteiger partial charge >= 0.3 is 12.1 Å². The summed E-state index contributed by atoms with van der Waals surface area (Å²) < 4.78 is 43.6. The first-order chi connectivity index (χ1) is 13.4. The minimum absolute atomic E-state index is 0.0320. The maximum Gasteiger partial charge on any atom is 0.416 e. The van der Waals surface area contributed by atoms with Crippen LogP contribution in [0.25, 0.3) is 0 Å². The Labute approximate surface area is 160 Å². The van der Waals surface area contributed by atoms with Gasteiger partial charge < -0.3 is 4.74 Å². The summed E-state index contributed by atoms with van der Waals surface area (Å²) in [5.41, 5.74) is 0.00740. The number of likely N-dealkylation sites (tertiary alicyclic amines) is 1. The van der Waals surface area contributed by atoms with E-state index in [1.54, 1.807) is 17.0 Å². The molecule has 0 spiro atoms. The zero-order chi connectivity index (χ0) is 20.1. The summed E-state index contributed by atoms with van der Waals surface area (Å²) in [7, 11) is 0. The van der Waals surface area contributed by atoms with Crippen LogP contribution in [0.1, 0.15) is 34.3 Å². The van der Waals surface area contributed by atoms with Crippen molar-refractivity contribution in [3.05, 3.63) is 71.3 Å². The Balaban J connectivity index is 1.77. The number of halogens is 3. The third-order valence-electron chi connectivity index (χ3n) is 4.70. The lowest BCUT2D eigenvalue weighted by Crippen LogP contribution is -2.46. The number of hydrogen-bond acceptors (Lipinski definition) is 4. The lowest BCUT2D eigenvalue weighted by Gasteiger charge is -2.24. The molecular weight excluding hydrogens is 371 g/mol. The average Bonchev–Trinajstić information content (AvgIpc) is 3.21. The maximum atomic E-state index is 12.9. The molecule has 28 heavy (non-hydrogen) atoms. The van der Waals surface area contributed by atoms with E-state index < -0.39 is 29.5 Å². The fourth-order valence-corrected chi connectivity index (χ4v) is 3.21. The highest BCUT2D eigenvalue weighted by atomic mass is 19.4. The van der Waals surface area contributed by atoms with Crippen LogP contribution >= 0.6 is 0 Å². The van der Waals surface area contributed by atoms with E-state index in [1.165, 1.54) is 0 Å². The van der Waals surface area contributed by atoms with Gasteiger partial charge in [0.2, 0.25) is 0 Å². The number of carbonyl (C=O) groups is 2. The monoisotopic (exact) mass is 391 g/mol. The van der Waals surface area contributed by atoms with E-state index in [0.29, 0.717) is 13.1 Å². The van der Waals surface area contributed by atoms with Gasteiger partial charge in [0, 0.05) is 5.56 Å². The molecule has 0 aliphatic carbocycles. The van der Waals surface area contributed by atoms with Crippen LogP contribution in [0.5, 0.6) is 0 Å². The molecule has 0 radical (unpaired) electrons. The molecule has 0 bridgehead atoms. The number of hydrogen-bond donors (Lipinski definition) is 0. The van der Waals surface area contributed by atoms with Crippen molar-refractivity contribution in [3.8, 4) is 0 Å². The predicted octanol–water partition coefficient (Wildman–Crippen LogP) is 4.10. The van der Waals surface area contributed by atoms with Crippen LogP contribution in [-0.2, 0) is 22.3 Å². The van der Waals surface area contributed by atoms with Crippen molar-refractivity contribution in [2.75, 3.05) is 13.1 Å². The number of rotatable bonds is 6. The first kappa shape index (κ1) is 20.1. The van der Waals surface area contributed by atoms with E-state index in [1.807, 2.05) is 18.2 Å². The van der Waals surface area contributed by atoms with Gasteiger partial charge in [-0.2, -0.15) is 13.2 Å². The number of carbonyl (C=O) groups excluding carboxylic acids is 2. The number of esters is 1. The van der Waals surface area contributed by atoms with Crippen molar-refractivity contribution >= 4 is 11.8 Å². The summed E-state index contributed by atoms with van der Waals surface area (Å²) in [6.07, 6.45) is -2.78. The molecule has 2 aromatic carbocycles. The van der Waals surface area contributed by atoms with Crippen LogP contribution in [0.3, 0.4) is 0 Å². The molecule has 1 saturated heterocycles. The van der Waals surface area contributed by atoms with E-state index in [4.69, 9.17) is 4.74 Å². The van der Waals surface area contributed by atoms with Crippen LogP contribution in [-0.4, -0.2) is 35.8 Å². The van der Waals surface area contributed by atoms with Crippen molar-refractivity contribution < 1.29 is 27.5 Å². The fourth-order valence-electron chi connectivity index (χ4n) is 3.21. The summed E-state index contributed by atoms with van der Waals surface area (Å²) in [5.74, 6) is -1.23. The average molecular weight is 391 g/mol. The van der Waals surface area contributed by atoms with Crippen molar-refractivity contribution in [1.82, 2.24) is 4.90 Å². The number of alkyl halides is 3. The normalized spacial score (nSPS) is 16.0. The van der Waals surface area contributed by atoms with Gasteiger partial charge in [0.05, 0.1) is 5.56 Å². The second-order valence-corrected chi connectivity index (χ2v) is 6.68. The highest BCUT2D eigenvalue weighted by Gasteiger charge is 2.37. The summed E-state index contributed by atoms with van der Waals surface area (Å²) in [6, 6.07) is 11.8. The molecule has 1 aliphatic rings. The first-order valence-electron chi connectivity index (χ1n) is 9.02. The number of benzene rings is 2. The van der Waals surface area contributed by atoms with Crippen molar-refractivity contribution in [2.45, 2.75) is 31.7 Å². The van der Waals surface area contributed by atoms with Gasteiger partial charge in [0.15, 0.2) is 11.8 Å². The topological polar surface area (TPSA) is 46.6 Å². The molecule has 1 heterocycles. The maximum absolute atomic E-state index is 12.9. The molecule has 3 rings (SSSR count). The number of nitrogens with zero attached hydrogens (tertiary/aromatic N) is 1. The third kappa shape index (κ3) is 4.78. The molecule has 0 amide bonds. The minimum atomic E-state index is -4.48. The molecule has 1 atom stereocenters. The Hall–Kier alpha value is -2.67.